The maximum atomic E-state index is 12.8. The second kappa shape index (κ2) is 9.00. The van der Waals surface area contributed by atoms with E-state index in [9.17, 15) is 9.59 Å². The van der Waals surface area contributed by atoms with Crippen LogP contribution in [0.4, 0.5) is 5.13 Å². The molecule has 2 aromatic rings. The standard InChI is InChI=1S/C17H22N4O3S2/c1-6-9-21-11(5)12(10(4)13(21)15(23)24-7-2)14(22)18-16-19-20-17(26-16)25-8-3/h6H,1,7-9H2,2-5H3,(H,18,19,22). The largest absolute Gasteiger partial charge is 0.461 e. The third-order valence-corrected chi connectivity index (χ3v) is 5.52. The molecular formula is C17H22N4O3S2. The highest BCUT2D eigenvalue weighted by atomic mass is 32.2. The molecule has 26 heavy (non-hydrogen) atoms. The number of esters is 1. The summed E-state index contributed by atoms with van der Waals surface area (Å²) in [6.07, 6.45) is 1.68. The average Bonchev–Trinajstić information content (AvgIpc) is 3.11. The zero-order valence-electron chi connectivity index (χ0n) is 15.3. The lowest BCUT2D eigenvalue weighted by atomic mass is 10.1. The number of rotatable bonds is 8. The van der Waals surface area contributed by atoms with Gasteiger partial charge in [-0.1, -0.05) is 36.1 Å². The highest BCUT2D eigenvalue weighted by Gasteiger charge is 2.27. The minimum absolute atomic E-state index is 0.265. The van der Waals surface area contributed by atoms with E-state index in [0.29, 0.717) is 34.2 Å². The molecule has 0 aliphatic heterocycles. The van der Waals surface area contributed by atoms with Gasteiger partial charge in [0.25, 0.3) is 5.91 Å². The van der Waals surface area contributed by atoms with Crippen LogP contribution in [0.5, 0.6) is 0 Å². The molecular weight excluding hydrogens is 372 g/mol. The molecule has 0 atom stereocenters. The Hall–Kier alpha value is -2.13. The van der Waals surface area contributed by atoms with Gasteiger partial charge >= 0.3 is 5.97 Å². The number of carbonyl (C=O) groups excluding carboxylic acids is 2. The molecule has 2 rings (SSSR count). The van der Waals surface area contributed by atoms with E-state index in [2.05, 4.69) is 22.1 Å². The van der Waals surface area contributed by atoms with Crippen molar-refractivity contribution in [3.8, 4) is 0 Å². The lowest BCUT2D eigenvalue weighted by molar-refractivity contribution is 0.0513. The van der Waals surface area contributed by atoms with Crippen LogP contribution in [0.15, 0.2) is 17.0 Å². The molecule has 0 saturated heterocycles. The van der Waals surface area contributed by atoms with Crippen LogP contribution in [0.1, 0.15) is 46.0 Å². The number of ether oxygens (including phenoxy) is 1. The third kappa shape index (κ3) is 4.16. The maximum Gasteiger partial charge on any atom is 0.355 e. The fourth-order valence-corrected chi connectivity index (χ4v) is 4.30. The molecule has 0 radical (unpaired) electrons. The predicted octanol–water partition coefficient (Wildman–Crippen LogP) is 3.68. The molecule has 0 spiro atoms. The number of thioether (sulfide) groups is 1. The Kier molecular flexibility index (Phi) is 6.98. The first kappa shape index (κ1) is 20.2. The van der Waals surface area contributed by atoms with E-state index < -0.39 is 5.97 Å². The van der Waals surface area contributed by atoms with Gasteiger partial charge in [-0.2, -0.15) is 0 Å². The number of hydrogen-bond acceptors (Lipinski definition) is 7. The lowest BCUT2D eigenvalue weighted by Crippen LogP contribution is -2.14. The summed E-state index contributed by atoms with van der Waals surface area (Å²) in [4.78, 5) is 25.2. The number of nitrogens with one attached hydrogen (secondary N) is 1. The molecule has 0 aromatic carbocycles. The molecule has 0 unspecified atom stereocenters. The van der Waals surface area contributed by atoms with Crippen molar-refractivity contribution in [2.45, 2.75) is 38.6 Å². The molecule has 1 amide bonds. The summed E-state index contributed by atoms with van der Waals surface area (Å²) in [5.74, 6) is 0.109. The van der Waals surface area contributed by atoms with Gasteiger partial charge in [0.05, 0.1) is 12.2 Å². The second-order valence-electron chi connectivity index (χ2n) is 5.31. The van der Waals surface area contributed by atoms with Gasteiger partial charge < -0.3 is 9.30 Å². The first-order valence-electron chi connectivity index (χ1n) is 8.19. The summed E-state index contributed by atoms with van der Waals surface area (Å²) in [6.45, 7) is 11.7. The summed E-state index contributed by atoms with van der Waals surface area (Å²) in [6, 6.07) is 0. The molecule has 0 bridgehead atoms. The van der Waals surface area contributed by atoms with E-state index in [1.54, 1.807) is 43.2 Å². The predicted molar refractivity (Wildman–Crippen MR) is 104 cm³/mol. The molecule has 1 N–H and O–H groups in total. The Labute approximate surface area is 160 Å². The van der Waals surface area contributed by atoms with Crippen LogP contribution in [0, 0.1) is 13.8 Å². The molecule has 0 aliphatic rings. The number of nitrogens with zero attached hydrogens (tertiary/aromatic N) is 3. The van der Waals surface area contributed by atoms with Gasteiger partial charge in [0, 0.05) is 12.2 Å². The highest BCUT2D eigenvalue weighted by molar-refractivity contribution is 8.01. The van der Waals surface area contributed by atoms with Crippen molar-refractivity contribution in [1.29, 1.82) is 0 Å². The Morgan fingerprint density at radius 3 is 2.69 bits per heavy atom. The molecule has 0 aliphatic carbocycles. The average molecular weight is 395 g/mol. The van der Waals surface area contributed by atoms with E-state index in [-0.39, 0.29) is 12.5 Å². The minimum atomic E-state index is -0.452. The minimum Gasteiger partial charge on any atom is -0.461 e. The summed E-state index contributed by atoms with van der Waals surface area (Å²) < 4.78 is 7.69. The Morgan fingerprint density at radius 1 is 1.35 bits per heavy atom. The monoisotopic (exact) mass is 394 g/mol. The van der Waals surface area contributed by atoms with Crippen LogP contribution in [-0.2, 0) is 11.3 Å². The van der Waals surface area contributed by atoms with Gasteiger partial charge in [-0.25, -0.2) is 4.79 Å². The molecule has 2 aromatic heterocycles. The van der Waals surface area contributed by atoms with Crippen LogP contribution in [0.2, 0.25) is 0 Å². The Balaban J connectivity index is 2.37. The van der Waals surface area contributed by atoms with Gasteiger partial charge in [0.1, 0.15) is 5.69 Å². The zero-order chi connectivity index (χ0) is 19.3. The van der Waals surface area contributed by atoms with Crippen molar-refractivity contribution < 1.29 is 14.3 Å². The van der Waals surface area contributed by atoms with Gasteiger partial charge in [-0.3, -0.25) is 10.1 Å². The quantitative estimate of drug-likeness (QED) is 0.318. The summed E-state index contributed by atoms with van der Waals surface area (Å²) in [5, 5.41) is 11.2. The lowest BCUT2D eigenvalue weighted by Gasteiger charge is -2.08. The Morgan fingerprint density at radius 2 is 2.08 bits per heavy atom. The van der Waals surface area contributed by atoms with Crippen LogP contribution in [0.25, 0.3) is 0 Å². The number of carbonyl (C=O) groups is 2. The van der Waals surface area contributed by atoms with Crippen molar-refractivity contribution in [3.05, 3.63) is 35.2 Å². The SMILES string of the molecule is C=CCn1c(C)c(C(=O)Nc2nnc(SCC)s2)c(C)c1C(=O)OCC. The van der Waals surface area contributed by atoms with Gasteiger partial charge in [-0.15, -0.1) is 16.8 Å². The van der Waals surface area contributed by atoms with Crippen molar-refractivity contribution >= 4 is 40.1 Å². The smallest absolute Gasteiger partial charge is 0.355 e. The fourth-order valence-electron chi connectivity index (χ4n) is 2.65. The van der Waals surface area contributed by atoms with Gasteiger partial charge in [-0.05, 0) is 32.1 Å². The third-order valence-electron chi connectivity index (χ3n) is 3.67. The summed E-state index contributed by atoms with van der Waals surface area (Å²) in [5.41, 5.74) is 2.06. The summed E-state index contributed by atoms with van der Waals surface area (Å²) in [7, 11) is 0. The van der Waals surface area contributed by atoms with Crippen molar-refractivity contribution in [2.24, 2.45) is 0 Å². The molecule has 140 valence electrons. The van der Waals surface area contributed by atoms with Crippen LogP contribution >= 0.6 is 23.1 Å². The molecule has 2 heterocycles. The molecule has 0 fully saturated rings. The number of amides is 1. The topological polar surface area (TPSA) is 86.1 Å². The normalized spacial score (nSPS) is 10.6. The van der Waals surface area contributed by atoms with E-state index in [0.717, 1.165) is 10.1 Å². The first-order valence-corrected chi connectivity index (χ1v) is 10.00. The van der Waals surface area contributed by atoms with Gasteiger partial charge in [0.15, 0.2) is 4.34 Å². The number of aromatic nitrogens is 3. The van der Waals surface area contributed by atoms with Crippen molar-refractivity contribution in [2.75, 3.05) is 17.7 Å². The zero-order valence-corrected chi connectivity index (χ0v) is 16.9. The first-order chi connectivity index (χ1) is 12.4. The van der Waals surface area contributed by atoms with E-state index in [4.69, 9.17) is 4.74 Å². The van der Waals surface area contributed by atoms with Crippen molar-refractivity contribution in [3.63, 3.8) is 0 Å². The van der Waals surface area contributed by atoms with Crippen LogP contribution < -0.4 is 5.32 Å². The molecule has 9 heteroatoms. The second-order valence-corrected chi connectivity index (χ2v) is 7.80. The number of hydrogen-bond donors (Lipinski definition) is 1. The number of allylic oxidation sites excluding steroid dienone is 1. The van der Waals surface area contributed by atoms with Crippen molar-refractivity contribution in [1.82, 2.24) is 14.8 Å². The molecule has 0 saturated carbocycles. The maximum absolute atomic E-state index is 12.8. The van der Waals surface area contributed by atoms with E-state index >= 15 is 0 Å². The highest BCUT2D eigenvalue weighted by Crippen LogP contribution is 2.28. The van der Waals surface area contributed by atoms with Gasteiger partial charge in [0.2, 0.25) is 5.13 Å². The Bertz CT molecular complexity index is 826. The fraction of sp³-hybridized carbons (Fsp3) is 0.412. The summed E-state index contributed by atoms with van der Waals surface area (Å²) >= 11 is 2.89. The van der Waals surface area contributed by atoms with Crippen LogP contribution in [0.3, 0.4) is 0 Å². The molecule has 7 nitrogen and oxygen atoms in total. The number of anilines is 1. The van der Waals surface area contributed by atoms with E-state index in [1.165, 1.54) is 11.3 Å². The van der Waals surface area contributed by atoms with E-state index in [1.807, 2.05) is 6.92 Å². The van der Waals surface area contributed by atoms with Crippen LogP contribution in [-0.4, -0.2) is 39.0 Å².